The Morgan fingerprint density at radius 2 is 1.67 bits per heavy atom. The van der Waals surface area contributed by atoms with Crippen LogP contribution in [0.4, 0.5) is 5.69 Å². The van der Waals surface area contributed by atoms with E-state index in [4.69, 9.17) is 9.72 Å². The first-order chi connectivity index (χ1) is 16.1. The molecule has 168 valence electrons. The zero-order valence-corrected chi connectivity index (χ0v) is 19.2. The maximum Gasteiger partial charge on any atom is 0.227 e. The zero-order valence-electron chi connectivity index (χ0n) is 19.2. The highest BCUT2D eigenvalue weighted by molar-refractivity contribution is 5.97. The summed E-state index contributed by atoms with van der Waals surface area (Å²) in [5, 5.41) is 0. The minimum atomic E-state index is 0.0711. The van der Waals surface area contributed by atoms with Gasteiger partial charge in [-0.3, -0.25) is 4.79 Å². The van der Waals surface area contributed by atoms with E-state index in [1.807, 2.05) is 53.4 Å². The maximum atomic E-state index is 13.0. The topological polar surface area (TPSA) is 47.4 Å². The lowest BCUT2D eigenvalue weighted by molar-refractivity contribution is -0.117. The number of para-hydroxylation sites is 4. The van der Waals surface area contributed by atoms with Gasteiger partial charge in [-0.25, -0.2) is 4.98 Å². The largest absolute Gasteiger partial charge is 0.493 e. The number of hydrogen-bond donors (Lipinski definition) is 0. The number of aromatic nitrogens is 2. The molecule has 0 saturated carbocycles. The second-order valence-electron chi connectivity index (χ2n) is 8.77. The fourth-order valence-electron chi connectivity index (χ4n) is 4.74. The molecule has 0 radical (unpaired) electrons. The lowest BCUT2D eigenvalue weighted by Gasteiger charge is -2.19. The van der Waals surface area contributed by atoms with Crippen LogP contribution in [0.1, 0.15) is 35.7 Å². The first-order valence-electron chi connectivity index (χ1n) is 11.6. The van der Waals surface area contributed by atoms with Crippen LogP contribution in [0.15, 0.2) is 72.8 Å². The maximum absolute atomic E-state index is 13.0. The van der Waals surface area contributed by atoms with Gasteiger partial charge in [-0.05, 0) is 55.7 Å². The first-order valence-corrected chi connectivity index (χ1v) is 11.6. The van der Waals surface area contributed by atoms with Crippen molar-refractivity contribution in [3.8, 4) is 5.75 Å². The Hall–Kier alpha value is -3.60. The molecule has 4 aromatic rings. The number of amides is 1. The van der Waals surface area contributed by atoms with Crippen molar-refractivity contribution in [1.29, 1.82) is 0 Å². The molecule has 5 heteroatoms. The molecule has 33 heavy (non-hydrogen) atoms. The third kappa shape index (κ3) is 4.23. The van der Waals surface area contributed by atoms with Gasteiger partial charge in [0.25, 0.3) is 0 Å². The number of benzene rings is 3. The third-order valence-electron chi connectivity index (χ3n) is 6.46. The summed E-state index contributed by atoms with van der Waals surface area (Å²) in [5.74, 6) is 2.16. The van der Waals surface area contributed by atoms with Crippen molar-refractivity contribution < 1.29 is 9.53 Å². The van der Waals surface area contributed by atoms with Crippen LogP contribution >= 0.6 is 0 Å². The van der Waals surface area contributed by atoms with Gasteiger partial charge in [-0.1, -0.05) is 48.5 Å². The Kier molecular flexibility index (Phi) is 5.86. The molecule has 3 aromatic carbocycles. The van der Waals surface area contributed by atoms with Gasteiger partial charge in [0, 0.05) is 31.1 Å². The Bertz CT molecular complexity index is 1290. The highest BCUT2D eigenvalue weighted by Gasteiger charge is 2.35. The van der Waals surface area contributed by atoms with Crippen LogP contribution in [0.5, 0.6) is 5.75 Å². The van der Waals surface area contributed by atoms with Crippen LogP contribution in [-0.2, 0) is 11.3 Å². The normalized spacial score (nSPS) is 16.0. The Morgan fingerprint density at radius 3 is 2.48 bits per heavy atom. The number of aryl methyl sites for hydroxylation is 3. The molecule has 1 aliphatic rings. The van der Waals surface area contributed by atoms with Crippen LogP contribution in [-0.4, -0.2) is 28.6 Å². The number of rotatable bonds is 7. The number of anilines is 1. The second kappa shape index (κ2) is 9.10. The van der Waals surface area contributed by atoms with Crippen molar-refractivity contribution >= 4 is 22.6 Å². The van der Waals surface area contributed by atoms with Gasteiger partial charge in [0.15, 0.2) is 0 Å². The predicted molar refractivity (Wildman–Crippen MR) is 132 cm³/mol. The lowest BCUT2D eigenvalue weighted by Crippen LogP contribution is -2.25. The van der Waals surface area contributed by atoms with Crippen molar-refractivity contribution in [2.75, 3.05) is 18.1 Å². The Labute approximate surface area is 194 Å². The van der Waals surface area contributed by atoms with Crippen molar-refractivity contribution in [2.45, 2.75) is 39.2 Å². The van der Waals surface area contributed by atoms with Gasteiger partial charge < -0.3 is 14.2 Å². The average Bonchev–Trinajstić information content (AvgIpc) is 3.38. The number of hydrogen-bond acceptors (Lipinski definition) is 3. The third-order valence-corrected chi connectivity index (χ3v) is 6.46. The average molecular weight is 440 g/mol. The van der Waals surface area contributed by atoms with Gasteiger partial charge in [0.05, 0.1) is 17.6 Å². The number of nitrogens with zero attached hydrogens (tertiary/aromatic N) is 3. The van der Waals surface area contributed by atoms with Crippen LogP contribution in [0.2, 0.25) is 0 Å². The summed E-state index contributed by atoms with van der Waals surface area (Å²) < 4.78 is 8.31. The number of fused-ring (bicyclic) bond motifs is 1. The molecule has 0 aliphatic carbocycles. The van der Waals surface area contributed by atoms with Crippen molar-refractivity contribution in [3.63, 3.8) is 0 Å². The van der Waals surface area contributed by atoms with Gasteiger partial charge in [-0.2, -0.15) is 0 Å². The highest BCUT2D eigenvalue weighted by Crippen LogP contribution is 2.34. The number of ether oxygens (including phenoxy) is 1. The summed E-state index contributed by atoms with van der Waals surface area (Å²) in [5.41, 5.74) is 5.36. The molecular weight excluding hydrogens is 410 g/mol. The minimum absolute atomic E-state index is 0.0711. The van der Waals surface area contributed by atoms with Gasteiger partial charge in [0.2, 0.25) is 5.91 Å². The number of imidazole rings is 1. The Morgan fingerprint density at radius 1 is 0.939 bits per heavy atom. The monoisotopic (exact) mass is 439 g/mol. The highest BCUT2D eigenvalue weighted by atomic mass is 16.5. The van der Waals surface area contributed by atoms with Gasteiger partial charge in [0.1, 0.15) is 11.6 Å². The summed E-state index contributed by atoms with van der Waals surface area (Å²) in [6.07, 6.45) is 1.35. The van der Waals surface area contributed by atoms with Crippen LogP contribution < -0.4 is 9.64 Å². The van der Waals surface area contributed by atoms with Gasteiger partial charge >= 0.3 is 0 Å². The number of carbonyl (C=O) groups excluding carboxylic acids is 1. The standard InChI is InChI=1S/C28H29N3O2/c1-20-10-3-6-13-24(20)31-19-22(18-27(31)32)28-29-23-12-5-7-14-25(23)30(28)16-9-17-33-26-15-8-4-11-21(26)2/h3-8,10-15,22H,9,16-19H2,1-2H3/t22-/m1/s1. The predicted octanol–water partition coefficient (Wildman–Crippen LogP) is 5.64. The molecular formula is C28H29N3O2. The summed E-state index contributed by atoms with van der Waals surface area (Å²) >= 11 is 0. The van der Waals surface area contributed by atoms with E-state index in [2.05, 4.69) is 42.7 Å². The molecule has 0 bridgehead atoms. The van der Waals surface area contributed by atoms with E-state index in [0.717, 1.165) is 52.4 Å². The van der Waals surface area contributed by atoms with E-state index < -0.39 is 0 Å². The fraction of sp³-hybridized carbons (Fsp3) is 0.286. The van der Waals surface area contributed by atoms with E-state index in [0.29, 0.717) is 19.6 Å². The summed E-state index contributed by atoms with van der Waals surface area (Å²) in [7, 11) is 0. The molecule has 0 unspecified atom stereocenters. The quantitative estimate of drug-likeness (QED) is 0.350. The molecule has 1 saturated heterocycles. The molecule has 1 fully saturated rings. The fourth-order valence-corrected chi connectivity index (χ4v) is 4.74. The molecule has 1 aliphatic heterocycles. The molecule has 1 atom stereocenters. The minimum Gasteiger partial charge on any atom is -0.493 e. The molecule has 5 rings (SSSR count). The summed E-state index contributed by atoms with van der Waals surface area (Å²) in [4.78, 5) is 19.9. The van der Waals surface area contributed by atoms with E-state index in [-0.39, 0.29) is 11.8 Å². The summed E-state index contributed by atoms with van der Waals surface area (Å²) in [6.45, 7) is 6.22. The van der Waals surface area contributed by atoms with Crippen molar-refractivity contribution in [1.82, 2.24) is 9.55 Å². The van der Waals surface area contributed by atoms with E-state index >= 15 is 0 Å². The molecule has 5 nitrogen and oxygen atoms in total. The Balaban J connectivity index is 1.36. The summed E-state index contributed by atoms with van der Waals surface area (Å²) in [6, 6.07) is 24.4. The smallest absolute Gasteiger partial charge is 0.227 e. The molecule has 1 amide bonds. The van der Waals surface area contributed by atoms with E-state index in [9.17, 15) is 4.79 Å². The second-order valence-corrected chi connectivity index (χ2v) is 8.77. The van der Waals surface area contributed by atoms with Crippen LogP contribution in [0.25, 0.3) is 11.0 Å². The zero-order chi connectivity index (χ0) is 22.8. The molecule has 0 spiro atoms. The number of carbonyl (C=O) groups is 1. The van der Waals surface area contributed by atoms with Gasteiger partial charge in [-0.15, -0.1) is 0 Å². The lowest BCUT2D eigenvalue weighted by atomic mass is 10.1. The SMILES string of the molecule is Cc1ccccc1OCCCn1c([C@@H]2CC(=O)N(c3ccccc3C)C2)nc2ccccc21. The van der Waals surface area contributed by atoms with Crippen LogP contribution in [0.3, 0.4) is 0 Å². The molecule has 2 heterocycles. The molecule has 0 N–H and O–H groups in total. The first kappa shape index (κ1) is 21.3. The van der Waals surface area contributed by atoms with E-state index in [1.54, 1.807) is 0 Å². The van der Waals surface area contributed by atoms with Crippen molar-refractivity contribution in [2.24, 2.45) is 0 Å². The molecule has 1 aromatic heterocycles. The van der Waals surface area contributed by atoms with E-state index in [1.165, 1.54) is 0 Å². The van der Waals surface area contributed by atoms with Crippen LogP contribution in [0, 0.1) is 13.8 Å². The van der Waals surface area contributed by atoms with Crippen molar-refractivity contribution in [3.05, 3.63) is 89.7 Å².